The molecule has 0 bridgehead atoms. The zero-order valence-corrected chi connectivity index (χ0v) is 15.9. The molecule has 0 saturated heterocycles. The Balaban J connectivity index is 1.63. The molecular weight excluding hydrogens is 348 g/mol. The average Bonchev–Trinajstić information content (AvgIpc) is 3.19. The van der Waals surface area contributed by atoms with Gasteiger partial charge in [0, 0.05) is 28.6 Å². The summed E-state index contributed by atoms with van der Waals surface area (Å²) in [6, 6.07) is 17.9. The second-order valence-corrected chi connectivity index (χ2v) is 7.56. The van der Waals surface area contributed by atoms with Crippen molar-refractivity contribution in [3.63, 3.8) is 0 Å². The van der Waals surface area contributed by atoms with Gasteiger partial charge in [0.25, 0.3) is 5.91 Å². The van der Waals surface area contributed by atoms with Crippen molar-refractivity contribution in [2.45, 2.75) is 23.6 Å². The van der Waals surface area contributed by atoms with Crippen molar-refractivity contribution >= 4 is 29.0 Å². The second-order valence-electron chi connectivity index (χ2n) is 5.80. The summed E-state index contributed by atoms with van der Waals surface area (Å²) in [5, 5.41) is 2.06. The Kier molecular flexibility index (Phi) is 5.89. The molecule has 3 aromatic rings. The molecule has 3 nitrogen and oxygen atoms in total. The molecule has 25 heavy (non-hydrogen) atoms. The lowest BCUT2D eigenvalue weighted by molar-refractivity contribution is 0.0742. The van der Waals surface area contributed by atoms with Crippen LogP contribution in [0.3, 0.4) is 0 Å². The van der Waals surface area contributed by atoms with E-state index in [0.717, 1.165) is 21.9 Å². The van der Waals surface area contributed by atoms with Crippen LogP contribution in [0.4, 0.5) is 0 Å². The maximum absolute atomic E-state index is 12.7. The van der Waals surface area contributed by atoms with Gasteiger partial charge >= 0.3 is 0 Å². The predicted octanol–water partition coefficient (Wildman–Crippen LogP) is 5.27. The van der Waals surface area contributed by atoms with Crippen LogP contribution in [0.15, 0.2) is 70.4 Å². The van der Waals surface area contributed by atoms with E-state index in [2.05, 4.69) is 10.4 Å². The Morgan fingerprint density at radius 3 is 2.52 bits per heavy atom. The first-order valence-corrected chi connectivity index (χ1v) is 10.00. The molecular formula is C20H20N2OS2. The van der Waals surface area contributed by atoms with E-state index in [0.29, 0.717) is 5.56 Å². The molecule has 0 aliphatic rings. The Labute approximate surface area is 156 Å². The molecule has 0 spiro atoms. The first-order chi connectivity index (χ1) is 12.1. The van der Waals surface area contributed by atoms with Gasteiger partial charge < -0.3 is 4.90 Å². The van der Waals surface area contributed by atoms with Crippen LogP contribution >= 0.6 is 23.1 Å². The lowest BCUT2D eigenvalue weighted by atomic mass is 10.1. The number of nitrogens with zero attached hydrogens (tertiary/aromatic N) is 2. The maximum atomic E-state index is 12.7. The average molecular weight is 369 g/mol. The second kappa shape index (κ2) is 8.32. The number of carbonyl (C=O) groups excluding carboxylic acids is 1. The summed E-state index contributed by atoms with van der Waals surface area (Å²) in [4.78, 5) is 19.9. The SMILES string of the molecule is CC(c1ccccc1)N(C)C(=O)c1ccc(SCc2cscn2)cc1. The molecule has 1 amide bonds. The van der Waals surface area contributed by atoms with Gasteiger partial charge in [-0.15, -0.1) is 23.1 Å². The summed E-state index contributed by atoms with van der Waals surface area (Å²) in [7, 11) is 1.85. The van der Waals surface area contributed by atoms with Gasteiger partial charge in [-0.1, -0.05) is 30.3 Å². The zero-order chi connectivity index (χ0) is 17.6. The van der Waals surface area contributed by atoms with Gasteiger partial charge in [-0.2, -0.15) is 0 Å². The first kappa shape index (κ1) is 17.7. The highest BCUT2D eigenvalue weighted by molar-refractivity contribution is 7.98. The van der Waals surface area contributed by atoms with Crippen molar-refractivity contribution in [2.75, 3.05) is 7.05 Å². The highest BCUT2D eigenvalue weighted by Gasteiger charge is 2.18. The van der Waals surface area contributed by atoms with E-state index < -0.39 is 0 Å². The molecule has 0 N–H and O–H groups in total. The highest BCUT2D eigenvalue weighted by Crippen LogP contribution is 2.25. The lowest BCUT2D eigenvalue weighted by Gasteiger charge is -2.25. The molecule has 5 heteroatoms. The number of hydrogen-bond acceptors (Lipinski definition) is 4. The predicted molar refractivity (Wildman–Crippen MR) is 105 cm³/mol. The van der Waals surface area contributed by atoms with Gasteiger partial charge in [-0.25, -0.2) is 4.98 Å². The quantitative estimate of drug-likeness (QED) is 0.556. The standard InChI is InChI=1S/C20H20N2OS2/c1-15(16-6-4-3-5-7-16)22(2)20(23)17-8-10-19(11-9-17)25-13-18-12-24-14-21-18/h3-12,14-15H,13H2,1-2H3. The third-order valence-electron chi connectivity index (χ3n) is 4.15. The van der Waals surface area contributed by atoms with Crippen molar-refractivity contribution in [3.8, 4) is 0 Å². The third kappa shape index (κ3) is 4.50. The fourth-order valence-electron chi connectivity index (χ4n) is 2.49. The van der Waals surface area contributed by atoms with E-state index in [4.69, 9.17) is 0 Å². The van der Waals surface area contributed by atoms with E-state index in [-0.39, 0.29) is 11.9 Å². The highest BCUT2D eigenvalue weighted by atomic mass is 32.2. The van der Waals surface area contributed by atoms with E-state index in [9.17, 15) is 4.79 Å². The minimum absolute atomic E-state index is 0.0346. The number of hydrogen-bond donors (Lipinski definition) is 0. The smallest absolute Gasteiger partial charge is 0.254 e. The molecule has 2 aromatic carbocycles. The van der Waals surface area contributed by atoms with Gasteiger partial charge in [0.05, 0.1) is 17.2 Å². The van der Waals surface area contributed by atoms with Gasteiger partial charge in [0.15, 0.2) is 0 Å². The summed E-state index contributed by atoms with van der Waals surface area (Å²) >= 11 is 3.34. The summed E-state index contributed by atoms with van der Waals surface area (Å²) < 4.78 is 0. The Morgan fingerprint density at radius 2 is 1.88 bits per heavy atom. The Morgan fingerprint density at radius 1 is 1.16 bits per heavy atom. The number of aromatic nitrogens is 1. The number of carbonyl (C=O) groups is 1. The van der Waals surface area contributed by atoms with Gasteiger partial charge in [0.2, 0.25) is 0 Å². The van der Waals surface area contributed by atoms with Crippen molar-refractivity contribution in [1.29, 1.82) is 0 Å². The number of thiazole rings is 1. The molecule has 3 rings (SSSR count). The largest absolute Gasteiger partial charge is 0.335 e. The molecule has 1 unspecified atom stereocenters. The van der Waals surface area contributed by atoms with Crippen LogP contribution in [0.2, 0.25) is 0 Å². The molecule has 0 fully saturated rings. The fraction of sp³-hybridized carbons (Fsp3) is 0.200. The Bertz CT molecular complexity index is 801. The van der Waals surface area contributed by atoms with Crippen molar-refractivity contribution in [3.05, 3.63) is 82.3 Å². The molecule has 1 heterocycles. The third-order valence-corrected chi connectivity index (χ3v) is 5.84. The zero-order valence-electron chi connectivity index (χ0n) is 14.3. The van der Waals surface area contributed by atoms with Crippen LogP contribution in [0, 0.1) is 0 Å². The molecule has 0 radical (unpaired) electrons. The first-order valence-electron chi connectivity index (χ1n) is 8.07. The summed E-state index contributed by atoms with van der Waals surface area (Å²) in [5.74, 6) is 0.884. The van der Waals surface area contributed by atoms with Gasteiger partial charge in [0.1, 0.15) is 0 Å². The molecule has 0 aliphatic heterocycles. The number of rotatable bonds is 6. The van der Waals surface area contributed by atoms with Crippen LogP contribution in [-0.4, -0.2) is 22.8 Å². The fourth-order valence-corrected chi connectivity index (χ4v) is 3.96. The van der Waals surface area contributed by atoms with E-state index in [1.165, 1.54) is 0 Å². The van der Waals surface area contributed by atoms with E-state index >= 15 is 0 Å². The van der Waals surface area contributed by atoms with Crippen molar-refractivity contribution in [2.24, 2.45) is 0 Å². The summed E-state index contributed by atoms with van der Waals surface area (Å²) in [5.41, 5.74) is 4.78. The lowest BCUT2D eigenvalue weighted by Crippen LogP contribution is -2.29. The normalized spacial score (nSPS) is 11.9. The minimum atomic E-state index is 0.0346. The molecule has 0 aliphatic carbocycles. The number of benzene rings is 2. The van der Waals surface area contributed by atoms with E-state index in [1.54, 1.807) is 28.0 Å². The van der Waals surface area contributed by atoms with Crippen LogP contribution < -0.4 is 0 Å². The molecule has 128 valence electrons. The molecule has 0 saturated carbocycles. The monoisotopic (exact) mass is 368 g/mol. The topological polar surface area (TPSA) is 33.2 Å². The van der Waals surface area contributed by atoms with Gasteiger partial charge in [-0.3, -0.25) is 4.79 Å². The van der Waals surface area contributed by atoms with Crippen molar-refractivity contribution < 1.29 is 4.79 Å². The van der Waals surface area contributed by atoms with E-state index in [1.807, 2.05) is 74.1 Å². The van der Waals surface area contributed by atoms with Crippen LogP contribution in [0.5, 0.6) is 0 Å². The summed E-state index contributed by atoms with van der Waals surface area (Å²) in [6.45, 7) is 2.05. The number of thioether (sulfide) groups is 1. The maximum Gasteiger partial charge on any atom is 0.254 e. The van der Waals surface area contributed by atoms with Crippen LogP contribution in [0.25, 0.3) is 0 Å². The van der Waals surface area contributed by atoms with Crippen LogP contribution in [-0.2, 0) is 5.75 Å². The number of amides is 1. The molecule has 1 aromatic heterocycles. The Hall–Kier alpha value is -2.11. The van der Waals surface area contributed by atoms with Crippen LogP contribution in [0.1, 0.15) is 34.6 Å². The minimum Gasteiger partial charge on any atom is -0.335 e. The van der Waals surface area contributed by atoms with Crippen molar-refractivity contribution in [1.82, 2.24) is 9.88 Å². The summed E-state index contributed by atoms with van der Waals surface area (Å²) in [6.07, 6.45) is 0. The molecule has 1 atom stereocenters. The van der Waals surface area contributed by atoms with Gasteiger partial charge in [-0.05, 0) is 36.8 Å².